The Morgan fingerprint density at radius 3 is 2.88 bits per heavy atom. The lowest BCUT2D eigenvalue weighted by Gasteiger charge is -2.23. The summed E-state index contributed by atoms with van der Waals surface area (Å²) in [6, 6.07) is 4.77. The van der Waals surface area contributed by atoms with Crippen molar-refractivity contribution in [3.05, 3.63) is 24.0 Å². The minimum atomic E-state index is -2.50. The van der Waals surface area contributed by atoms with Gasteiger partial charge in [0.2, 0.25) is 0 Å². The molecule has 0 aliphatic heterocycles. The zero-order valence-corrected chi connectivity index (χ0v) is 8.48. The fraction of sp³-hybridized carbons (Fsp3) is 0.400. The molecule has 16 heavy (non-hydrogen) atoms. The second-order valence-corrected chi connectivity index (χ2v) is 3.07. The Bertz CT molecular complexity index is 379. The Labute approximate surface area is 91.8 Å². The van der Waals surface area contributed by atoms with Crippen LogP contribution in [0.2, 0.25) is 0 Å². The molecule has 1 rings (SSSR count). The monoisotopic (exact) mass is 227 g/mol. The van der Waals surface area contributed by atoms with Crippen molar-refractivity contribution >= 4 is 5.69 Å². The number of aliphatic hydroxyl groups is 1. The van der Waals surface area contributed by atoms with Gasteiger partial charge >= 0.3 is 0 Å². The van der Waals surface area contributed by atoms with Gasteiger partial charge in [0, 0.05) is 18.4 Å². The molecule has 0 aliphatic carbocycles. The van der Waals surface area contributed by atoms with Gasteiger partial charge in [0.1, 0.15) is 11.8 Å². The molecule has 86 valence electrons. The number of aromatic nitrogens is 1. The molecule has 0 atom stereocenters. The van der Waals surface area contributed by atoms with E-state index in [1.807, 2.05) is 6.07 Å². The number of aliphatic hydroxyl groups excluding tert-OH is 1. The lowest BCUT2D eigenvalue weighted by atomic mass is 10.3. The standard InChI is InChI=1S/C10H11F2N3O/c11-10(12)7-15(3-4-16)9-1-2-14-8(5-9)6-13/h1-2,5,10,16H,3-4,7H2. The number of anilines is 1. The fourth-order valence-corrected chi connectivity index (χ4v) is 1.29. The van der Waals surface area contributed by atoms with Crippen LogP contribution in [0.3, 0.4) is 0 Å². The topological polar surface area (TPSA) is 60.2 Å². The van der Waals surface area contributed by atoms with E-state index in [9.17, 15) is 8.78 Å². The minimum Gasteiger partial charge on any atom is -0.395 e. The Balaban J connectivity index is 2.87. The third kappa shape index (κ3) is 3.44. The van der Waals surface area contributed by atoms with Crippen LogP contribution in [-0.4, -0.2) is 36.2 Å². The van der Waals surface area contributed by atoms with Gasteiger partial charge in [-0.15, -0.1) is 0 Å². The first-order valence-electron chi connectivity index (χ1n) is 4.67. The molecule has 0 fully saturated rings. The lowest BCUT2D eigenvalue weighted by Crippen LogP contribution is -2.31. The van der Waals surface area contributed by atoms with Crippen LogP contribution in [0, 0.1) is 11.3 Å². The lowest BCUT2D eigenvalue weighted by molar-refractivity contribution is 0.153. The first kappa shape index (κ1) is 12.3. The summed E-state index contributed by atoms with van der Waals surface area (Å²) in [5, 5.41) is 17.4. The predicted molar refractivity (Wildman–Crippen MR) is 54.3 cm³/mol. The third-order valence-electron chi connectivity index (χ3n) is 1.95. The van der Waals surface area contributed by atoms with Crippen LogP contribution >= 0.6 is 0 Å². The predicted octanol–water partition coefficient (Wildman–Crippen LogP) is 1.02. The number of hydrogen-bond donors (Lipinski definition) is 1. The number of hydrogen-bond acceptors (Lipinski definition) is 4. The molecule has 1 N–H and O–H groups in total. The Kier molecular flexibility index (Phi) is 4.61. The van der Waals surface area contributed by atoms with Crippen molar-refractivity contribution in [2.45, 2.75) is 6.43 Å². The van der Waals surface area contributed by atoms with E-state index in [1.54, 1.807) is 0 Å². The number of halogens is 2. The zero-order chi connectivity index (χ0) is 12.0. The molecule has 0 aliphatic rings. The van der Waals surface area contributed by atoms with Gasteiger partial charge in [0.15, 0.2) is 0 Å². The van der Waals surface area contributed by atoms with E-state index in [4.69, 9.17) is 10.4 Å². The Morgan fingerprint density at radius 1 is 1.56 bits per heavy atom. The maximum Gasteiger partial charge on any atom is 0.255 e. The molecule has 0 radical (unpaired) electrons. The first-order valence-corrected chi connectivity index (χ1v) is 4.67. The van der Waals surface area contributed by atoms with E-state index in [1.165, 1.54) is 23.2 Å². The molecule has 4 nitrogen and oxygen atoms in total. The summed E-state index contributed by atoms with van der Waals surface area (Å²) in [5.74, 6) is 0. The molecule has 0 amide bonds. The fourth-order valence-electron chi connectivity index (χ4n) is 1.29. The van der Waals surface area contributed by atoms with Crippen LogP contribution in [0.1, 0.15) is 5.69 Å². The van der Waals surface area contributed by atoms with Crippen LogP contribution in [0.25, 0.3) is 0 Å². The van der Waals surface area contributed by atoms with Crippen molar-refractivity contribution < 1.29 is 13.9 Å². The van der Waals surface area contributed by atoms with Crippen molar-refractivity contribution in [3.63, 3.8) is 0 Å². The van der Waals surface area contributed by atoms with Gasteiger partial charge in [-0.2, -0.15) is 5.26 Å². The van der Waals surface area contributed by atoms with Crippen molar-refractivity contribution in [1.29, 1.82) is 5.26 Å². The van der Waals surface area contributed by atoms with Crippen LogP contribution in [-0.2, 0) is 0 Å². The van der Waals surface area contributed by atoms with E-state index in [0.29, 0.717) is 5.69 Å². The maximum atomic E-state index is 12.3. The molecule has 1 heterocycles. The molecular weight excluding hydrogens is 216 g/mol. The smallest absolute Gasteiger partial charge is 0.255 e. The number of nitriles is 1. The van der Waals surface area contributed by atoms with E-state index >= 15 is 0 Å². The molecule has 1 aromatic heterocycles. The largest absolute Gasteiger partial charge is 0.395 e. The van der Waals surface area contributed by atoms with Crippen molar-refractivity contribution in [3.8, 4) is 6.07 Å². The van der Waals surface area contributed by atoms with Crippen LogP contribution in [0.15, 0.2) is 18.3 Å². The second kappa shape index (κ2) is 5.98. The number of alkyl halides is 2. The number of nitrogens with zero attached hydrogens (tertiary/aromatic N) is 3. The highest BCUT2D eigenvalue weighted by atomic mass is 19.3. The molecule has 0 spiro atoms. The molecule has 0 aromatic carbocycles. The van der Waals surface area contributed by atoms with Gasteiger partial charge in [-0.3, -0.25) is 0 Å². The summed E-state index contributed by atoms with van der Waals surface area (Å²) in [6.07, 6.45) is -1.12. The van der Waals surface area contributed by atoms with Gasteiger partial charge < -0.3 is 10.0 Å². The second-order valence-electron chi connectivity index (χ2n) is 3.07. The van der Waals surface area contributed by atoms with E-state index in [-0.39, 0.29) is 18.8 Å². The molecule has 0 bridgehead atoms. The van der Waals surface area contributed by atoms with Crippen molar-refractivity contribution in [2.24, 2.45) is 0 Å². The molecule has 0 saturated carbocycles. The SMILES string of the molecule is N#Cc1cc(N(CCO)CC(F)F)ccn1. The molecule has 0 saturated heterocycles. The third-order valence-corrected chi connectivity index (χ3v) is 1.95. The van der Waals surface area contributed by atoms with Crippen LogP contribution < -0.4 is 4.90 Å². The van der Waals surface area contributed by atoms with E-state index < -0.39 is 13.0 Å². The average molecular weight is 227 g/mol. The average Bonchev–Trinajstić information content (AvgIpc) is 2.28. The van der Waals surface area contributed by atoms with Gasteiger partial charge in [0.05, 0.1) is 13.2 Å². The Hall–Kier alpha value is -1.74. The van der Waals surface area contributed by atoms with Crippen LogP contribution in [0.4, 0.5) is 14.5 Å². The highest BCUT2D eigenvalue weighted by Crippen LogP contribution is 2.15. The normalized spacial score (nSPS) is 10.2. The van der Waals surface area contributed by atoms with Crippen LogP contribution in [0.5, 0.6) is 0 Å². The summed E-state index contributed by atoms with van der Waals surface area (Å²) < 4.78 is 24.5. The summed E-state index contributed by atoms with van der Waals surface area (Å²) in [6.45, 7) is -0.606. The number of pyridine rings is 1. The van der Waals surface area contributed by atoms with Gasteiger partial charge in [-0.25, -0.2) is 13.8 Å². The molecular formula is C10H11F2N3O. The maximum absolute atomic E-state index is 12.3. The number of rotatable bonds is 5. The van der Waals surface area contributed by atoms with Gasteiger partial charge in [0.25, 0.3) is 6.43 Å². The highest BCUT2D eigenvalue weighted by molar-refractivity contribution is 5.48. The quantitative estimate of drug-likeness (QED) is 0.815. The summed E-state index contributed by atoms with van der Waals surface area (Å²) in [4.78, 5) is 5.05. The van der Waals surface area contributed by atoms with Crippen molar-refractivity contribution in [1.82, 2.24) is 4.98 Å². The van der Waals surface area contributed by atoms with Gasteiger partial charge in [-0.1, -0.05) is 0 Å². The summed E-state index contributed by atoms with van der Waals surface area (Å²) in [5.41, 5.74) is 0.621. The van der Waals surface area contributed by atoms with Gasteiger partial charge in [-0.05, 0) is 12.1 Å². The highest BCUT2D eigenvalue weighted by Gasteiger charge is 2.12. The summed E-state index contributed by atoms with van der Waals surface area (Å²) >= 11 is 0. The summed E-state index contributed by atoms with van der Waals surface area (Å²) in [7, 11) is 0. The Morgan fingerprint density at radius 2 is 2.31 bits per heavy atom. The van der Waals surface area contributed by atoms with E-state index in [2.05, 4.69) is 4.98 Å². The van der Waals surface area contributed by atoms with E-state index in [0.717, 1.165) is 0 Å². The zero-order valence-electron chi connectivity index (χ0n) is 8.48. The van der Waals surface area contributed by atoms with Crippen molar-refractivity contribution in [2.75, 3.05) is 24.6 Å². The first-order chi connectivity index (χ1) is 7.67. The molecule has 0 unspecified atom stereocenters. The minimum absolute atomic E-state index is 0.0965. The molecule has 1 aromatic rings. The molecule has 6 heteroatoms.